The number of aliphatic hydroxyl groups is 4. The summed E-state index contributed by atoms with van der Waals surface area (Å²) in [6, 6.07) is -1.07. The fourth-order valence-corrected chi connectivity index (χ4v) is 4.23. The van der Waals surface area contributed by atoms with Crippen LogP contribution in [0.4, 0.5) is 4.79 Å². The summed E-state index contributed by atoms with van der Waals surface area (Å²) in [6.07, 6.45) is -4.61. The Bertz CT molecular complexity index is 512. The van der Waals surface area contributed by atoms with E-state index in [0.717, 1.165) is 0 Å². The van der Waals surface area contributed by atoms with E-state index in [1.54, 1.807) is 0 Å². The van der Waals surface area contributed by atoms with Gasteiger partial charge in [0.15, 0.2) is 0 Å². The number of rotatable bonds is 8. The zero-order chi connectivity index (χ0) is 20.0. The summed E-state index contributed by atoms with van der Waals surface area (Å²) in [5.41, 5.74) is 0. The summed E-state index contributed by atoms with van der Waals surface area (Å²) in [7, 11) is 0. The van der Waals surface area contributed by atoms with Gasteiger partial charge in [0.2, 0.25) is 0 Å². The first kappa shape index (κ1) is 22.7. The molecule has 2 amide bonds. The molecule has 0 aromatic heterocycles. The fourth-order valence-electron chi connectivity index (χ4n) is 2.93. The minimum atomic E-state index is -1.50. The van der Waals surface area contributed by atoms with Crippen molar-refractivity contribution in [3.8, 4) is 0 Å². The number of carbonyl (C=O) groups is 2. The average Bonchev–Trinajstić information content (AvgIpc) is 3.11. The van der Waals surface area contributed by atoms with Gasteiger partial charge in [-0.25, -0.2) is 0 Å². The van der Waals surface area contributed by atoms with Gasteiger partial charge in [-0.3, -0.25) is 0 Å². The van der Waals surface area contributed by atoms with Gasteiger partial charge >= 0.3 is 167 Å². The third-order valence-corrected chi connectivity index (χ3v) is 5.89. The molecular weight excluding hydrogens is 479 g/mol. The second-order valence-electron chi connectivity index (χ2n) is 6.49. The molecule has 12 heteroatoms. The van der Waals surface area contributed by atoms with E-state index >= 15 is 0 Å². The summed E-state index contributed by atoms with van der Waals surface area (Å²) >= 11 is -1.50. The van der Waals surface area contributed by atoms with E-state index in [2.05, 4.69) is 10.6 Å². The summed E-state index contributed by atoms with van der Waals surface area (Å²) in [5, 5.41) is 43.5. The van der Waals surface area contributed by atoms with E-state index in [4.69, 9.17) is 17.6 Å². The van der Waals surface area contributed by atoms with Crippen molar-refractivity contribution >= 4 is 9.82 Å². The van der Waals surface area contributed by atoms with E-state index < -0.39 is 64.8 Å². The van der Waals surface area contributed by atoms with Crippen molar-refractivity contribution in [2.24, 2.45) is 5.92 Å². The number of carbonyl (C=O) groups excluding carboxylic acids is 2. The first-order valence-electron chi connectivity index (χ1n) is 8.56. The maximum atomic E-state index is 12.0. The molecular formula is C15H26IN2O9-. The van der Waals surface area contributed by atoms with Crippen LogP contribution in [0.25, 0.3) is 0 Å². The number of hydrogen-bond donors (Lipinski definition) is 6. The van der Waals surface area contributed by atoms with Gasteiger partial charge in [0.1, 0.15) is 0 Å². The van der Waals surface area contributed by atoms with E-state index in [0.29, 0.717) is 19.6 Å². The van der Waals surface area contributed by atoms with E-state index in [-0.39, 0.29) is 22.5 Å². The van der Waals surface area contributed by atoms with Crippen LogP contribution in [0.1, 0.15) is 13.3 Å². The fraction of sp³-hybridized carbons (Fsp3) is 0.867. The molecule has 0 aromatic carbocycles. The predicted molar refractivity (Wildman–Crippen MR) is 84.8 cm³/mol. The van der Waals surface area contributed by atoms with Gasteiger partial charge in [0.05, 0.1) is 0 Å². The molecule has 0 spiro atoms. The summed E-state index contributed by atoms with van der Waals surface area (Å²) in [5.74, 6) is -0.350. The Labute approximate surface area is 167 Å². The molecule has 0 radical (unpaired) electrons. The van der Waals surface area contributed by atoms with Crippen molar-refractivity contribution in [3.05, 3.63) is 0 Å². The summed E-state index contributed by atoms with van der Waals surface area (Å²) in [4.78, 5) is 23.4. The van der Waals surface area contributed by atoms with Crippen LogP contribution in [0.15, 0.2) is 0 Å². The minimum absolute atomic E-state index is 0.0513. The number of amides is 2. The van der Waals surface area contributed by atoms with Gasteiger partial charge in [-0.2, -0.15) is 0 Å². The molecule has 158 valence electrons. The standard InChI is InChI=1S/C15H26IN2O9/c1-7(21)18-11-13(23)12(22)10(5-20)26-14(11)27-16-15(24)17-3-8-2-9(4-19)25-6-8/h8-14,19-20,22-23H,2-6H2,1H3,(H,17,24)(H,18,21)/q-1/t8-,9+,10-,11-,12+,13-,14+/m1/s1. The van der Waals surface area contributed by atoms with Crippen LogP contribution in [0.5, 0.6) is 0 Å². The Morgan fingerprint density at radius 2 is 1.96 bits per heavy atom. The zero-order valence-corrected chi connectivity index (χ0v) is 16.9. The van der Waals surface area contributed by atoms with Crippen molar-refractivity contribution in [1.82, 2.24) is 10.6 Å². The molecule has 2 fully saturated rings. The molecule has 0 aromatic rings. The van der Waals surface area contributed by atoms with E-state index in [9.17, 15) is 24.9 Å². The number of hydrogen-bond acceptors (Lipinski definition) is 9. The quantitative estimate of drug-likeness (QED) is 0.107. The molecule has 11 nitrogen and oxygen atoms in total. The first-order valence-corrected chi connectivity index (χ1v) is 10.5. The van der Waals surface area contributed by atoms with Crippen LogP contribution in [0.2, 0.25) is 0 Å². The Balaban J connectivity index is 1.83. The molecule has 0 unspecified atom stereocenters. The predicted octanol–water partition coefficient (Wildman–Crippen LogP) is -5.94. The molecule has 6 N–H and O–H groups in total. The Hall–Kier alpha value is -0.610. The number of halogens is 1. The third kappa shape index (κ3) is 6.45. The van der Waals surface area contributed by atoms with Crippen LogP contribution in [0.3, 0.4) is 0 Å². The Kier molecular flexibility index (Phi) is 9.07. The molecule has 27 heavy (non-hydrogen) atoms. The molecule has 2 heterocycles. The SMILES string of the molecule is CC(=O)N[C@H]1[C@H](O[I-]C(=O)NC[C@@H]2CO[C@H](CO)C2)O[C@H](CO)[C@H](O)[C@@H]1O. The second kappa shape index (κ2) is 10.8. The van der Waals surface area contributed by atoms with E-state index in [1.807, 2.05) is 0 Å². The van der Waals surface area contributed by atoms with Gasteiger partial charge in [0, 0.05) is 0 Å². The van der Waals surface area contributed by atoms with Crippen LogP contribution >= 0.6 is 0 Å². The van der Waals surface area contributed by atoms with Crippen LogP contribution in [-0.4, -0.2) is 93.4 Å². The molecule has 0 aliphatic carbocycles. The topological polar surface area (TPSA) is 167 Å². The van der Waals surface area contributed by atoms with Crippen LogP contribution in [0, 0.1) is 5.92 Å². The third-order valence-electron chi connectivity index (χ3n) is 4.35. The van der Waals surface area contributed by atoms with Gasteiger partial charge in [-0.05, 0) is 0 Å². The Morgan fingerprint density at radius 1 is 1.22 bits per heavy atom. The molecule has 7 atom stereocenters. The monoisotopic (exact) mass is 505 g/mol. The van der Waals surface area contributed by atoms with Gasteiger partial charge in [-0.15, -0.1) is 0 Å². The summed E-state index contributed by atoms with van der Waals surface area (Å²) < 4.78 is 15.9. The van der Waals surface area contributed by atoms with Gasteiger partial charge in [0.25, 0.3) is 0 Å². The number of ether oxygens (including phenoxy) is 2. The second-order valence-corrected chi connectivity index (χ2v) is 8.42. The molecule has 0 bridgehead atoms. The molecule has 2 rings (SSSR count). The Morgan fingerprint density at radius 3 is 2.56 bits per heavy atom. The summed E-state index contributed by atoms with van der Waals surface area (Å²) in [6.45, 7) is 1.48. The normalized spacial score (nSPS) is 36.6. The van der Waals surface area contributed by atoms with Crippen molar-refractivity contribution in [3.63, 3.8) is 0 Å². The number of nitrogens with one attached hydrogen (secondary N) is 2. The van der Waals surface area contributed by atoms with Crippen molar-refractivity contribution in [2.75, 3.05) is 26.4 Å². The average molecular weight is 505 g/mol. The van der Waals surface area contributed by atoms with Crippen molar-refractivity contribution in [1.29, 1.82) is 0 Å². The molecule has 0 saturated carbocycles. The van der Waals surface area contributed by atoms with Crippen molar-refractivity contribution < 1.29 is 64.2 Å². The van der Waals surface area contributed by atoms with Gasteiger partial charge in [-0.1, -0.05) is 0 Å². The van der Waals surface area contributed by atoms with Crippen LogP contribution in [-0.2, 0) is 17.3 Å². The van der Waals surface area contributed by atoms with Gasteiger partial charge < -0.3 is 0 Å². The van der Waals surface area contributed by atoms with Crippen LogP contribution < -0.4 is 32.3 Å². The first-order chi connectivity index (χ1) is 12.8. The molecule has 2 saturated heterocycles. The molecule has 2 aliphatic rings. The molecule has 2 aliphatic heterocycles. The van der Waals surface area contributed by atoms with E-state index in [1.165, 1.54) is 6.92 Å². The zero-order valence-electron chi connectivity index (χ0n) is 14.8. The number of aliphatic hydroxyl groups excluding tert-OH is 4. The maximum absolute atomic E-state index is 12.0. The van der Waals surface area contributed by atoms with Crippen molar-refractivity contribution in [2.45, 2.75) is 50.1 Å².